The fraction of sp³-hybridized carbons (Fsp3) is 0.167. The van der Waals surface area contributed by atoms with Crippen LogP contribution in [0.1, 0.15) is 0 Å². The molecule has 0 bridgehead atoms. The van der Waals surface area contributed by atoms with E-state index < -0.39 is 55.0 Å². The number of carbonyl (C=O) groups excluding carboxylic acids is 3. The number of halogens is 3. The van der Waals surface area contributed by atoms with Gasteiger partial charge in [-0.3, -0.25) is 9.59 Å². The summed E-state index contributed by atoms with van der Waals surface area (Å²) in [4.78, 5) is 34.7. The Kier molecular flexibility index (Phi) is 7.37. The summed E-state index contributed by atoms with van der Waals surface area (Å²) >= 11 is 0. The molecular formula is C18H15F3N2O5. The minimum atomic E-state index is -1.13. The number of ether oxygens (including phenoxy) is 2. The first kappa shape index (κ1) is 20.7. The van der Waals surface area contributed by atoms with Gasteiger partial charge in [-0.05, 0) is 24.3 Å². The highest BCUT2D eigenvalue weighted by molar-refractivity contribution is 5.94. The summed E-state index contributed by atoms with van der Waals surface area (Å²) in [5.41, 5.74) is 0.00914. The average Bonchev–Trinajstić information content (AvgIpc) is 2.67. The van der Waals surface area contributed by atoms with Gasteiger partial charge in [0.1, 0.15) is 0 Å². The van der Waals surface area contributed by atoms with Gasteiger partial charge in [0, 0.05) is 11.8 Å². The van der Waals surface area contributed by atoms with Crippen molar-refractivity contribution >= 4 is 23.5 Å². The van der Waals surface area contributed by atoms with Crippen molar-refractivity contribution in [3.63, 3.8) is 0 Å². The molecule has 0 heterocycles. The van der Waals surface area contributed by atoms with Gasteiger partial charge in [0.15, 0.2) is 36.4 Å². The molecule has 2 amide bonds. The topological polar surface area (TPSA) is 93.7 Å². The lowest BCUT2D eigenvalue weighted by Gasteiger charge is -2.09. The average molecular weight is 396 g/mol. The van der Waals surface area contributed by atoms with Crippen LogP contribution in [0.4, 0.5) is 18.9 Å². The highest BCUT2D eigenvalue weighted by Gasteiger charge is 2.12. The number of esters is 1. The molecule has 0 saturated carbocycles. The maximum atomic E-state index is 13.3. The van der Waals surface area contributed by atoms with Crippen LogP contribution >= 0.6 is 0 Å². The van der Waals surface area contributed by atoms with Gasteiger partial charge >= 0.3 is 5.97 Å². The van der Waals surface area contributed by atoms with Crippen molar-refractivity contribution in [1.29, 1.82) is 0 Å². The predicted octanol–water partition coefficient (Wildman–Crippen LogP) is 1.78. The molecular weight excluding hydrogens is 381 g/mol. The fourth-order valence-corrected chi connectivity index (χ4v) is 1.90. The van der Waals surface area contributed by atoms with E-state index in [2.05, 4.69) is 15.4 Å². The Bertz CT molecular complexity index is 876. The Hall–Kier alpha value is -3.56. The lowest BCUT2D eigenvalue weighted by molar-refractivity contribution is -0.150. The summed E-state index contributed by atoms with van der Waals surface area (Å²) in [5.74, 6) is -5.38. The Labute approximate surface area is 157 Å². The standard InChI is InChI=1S/C18H15F3N2O5/c19-12-6-5-11(7-14(12)21)23-16(24)8-22-17(25)9-28-18(26)10-27-15-4-2-1-3-13(15)20/h1-7H,8-10H2,(H,22,25)(H,23,24). The molecule has 0 saturated heterocycles. The summed E-state index contributed by atoms with van der Waals surface area (Å²) in [7, 11) is 0. The monoisotopic (exact) mass is 396 g/mol. The zero-order valence-electron chi connectivity index (χ0n) is 14.3. The van der Waals surface area contributed by atoms with Gasteiger partial charge in [-0.25, -0.2) is 18.0 Å². The molecule has 0 radical (unpaired) electrons. The number of anilines is 1. The van der Waals surface area contributed by atoms with E-state index in [1.165, 1.54) is 18.2 Å². The molecule has 7 nitrogen and oxygen atoms in total. The Morgan fingerprint density at radius 2 is 1.61 bits per heavy atom. The van der Waals surface area contributed by atoms with Gasteiger partial charge in [-0.1, -0.05) is 12.1 Å². The third kappa shape index (κ3) is 6.63. The third-order valence-electron chi connectivity index (χ3n) is 3.20. The minimum Gasteiger partial charge on any atom is -0.479 e. The van der Waals surface area contributed by atoms with Gasteiger partial charge in [-0.2, -0.15) is 0 Å². The van der Waals surface area contributed by atoms with Crippen molar-refractivity contribution in [1.82, 2.24) is 5.32 Å². The van der Waals surface area contributed by atoms with Crippen LogP contribution in [0.2, 0.25) is 0 Å². The molecule has 0 fully saturated rings. The second-order valence-electron chi connectivity index (χ2n) is 5.33. The van der Waals surface area contributed by atoms with Crippen LogP contribution in [-0.4, -0.2) is 37.5 Å². The van der Waals surface area contributed by atoms with E-state index in [0.29, 0.717) is 0 Å². The first-order chi connectivity index (χ1) is 13.3. The molecule has 2 aromatic carbocycles. The maximum absolute atomic E-state index is 13.3. The zero-order chi connectivity index (χ0) is 20.5. The fourth-order valence-electron chi connectivity index (χ4n) is 1.90. The first-order valence-electron chi connectivity index (χ1n) is 7.89. The van der Waals surface area contributed by atoms with Crippen molar-refractivity contribution < 1.29 is 37.0 Å². The third-order valence-corrected chi connectivity index (χ3v) is 3.20. The van der Waals surface area contributed by atoms with E-state index >= 15 is 0 Å². The second kappa shape index (κ2) is 9.95. The molecule has 2 aromatic rings. The number of carbonyl (C=O) groups is 3. The van der Waals surface area contributed by atoms with E-state index in [1.807, 2.05) is 0 Å². The molecule has 2 N–H and O–H groups in total. The van der Waals surface area contributed by atoms with Gasteiger partial charge in [0.25, 0.3) is 5.91 Å². The van der Waals surface area contributed by atoms with Crippen molar-refractivity contribution in [3.8, 4) is 5.75 Å². The maximum Gasteiger partial charge on any atom is 0.344 e. The first-order valence-corrected chi connectivity index (χ1v) is 7.89. The Morgan fingerprint density at radius 3 is 2.32 bits per heavy atom. The van der Waals surface area contributed by atoms with E-state index in [0.717, 1.165) is 24.3 Å². The SMILES string of the molecule is O=C(COC(=O)COc1ccccc1F)NCC(=O)Nc1ccc(F)c(F)c1. The van der Waals surface area contributed by atoms with Gasteiger partial charge in [0.05, 0.1) is 6.54 Å². The van der Waals surface area contributed by atoms with Crippen LogP contribution in [0.5, 0.6) is 5.75 Å². The van der Waals surface area contributed by atoms with E-state index in [4.69, 9.17) is 4.74 Å². The Morgan fingerprint density at radius 1 is 0.857 bits per heavy atom. The number of amides is 2. The summed E-state index contributed by atoms with van der Waals surface area (Å²) in [6.45, 7) is -1.77. The number of hydrogen-bond acceptors (Lipinski definition) is 5. The summed E-state index contributed by atoms with van der Waals surface area (Å²) < 4.78 is 48.7. The van der Waals surface area contributed by atoms with E-state index in [9.17, 15) is 27.6 Å². The molecule has 0 spiro atoms. The normalized spacial score (nSPS) is 10.1. The second-order valence-corrected chi connectivity index (χ2v) is 5.33. The summed E-state index contributed by atoms with van der Waals surface area (Å²) in [6.07, 6.45) is 0. The number of benzene rings is 2. The number of para-hydroxylation sites is 1. The zero-order valence-corrected chi connectivity index (χ0v) is 14.3. The van der Waals surface area contributed by atoms with Crippen molar-refractivity contribution in [2.75, 3.05) is 25.1 Å². The molecule has 0 unspecified atom stereocenters. The predicted molar refractivity (Wildman–Crippen MR) is 90.9 cm³/mol. The molecule has 0 atom stereocenters. The van der Waals surface area contributed by atoms with Crippen molar-refractivity contribution in [2.24, 2.45) is 0 Å². The molecule has 0 aromatic heterocycles. The summed E-state index contributed by atoms with van der Waals surface area (Å²) in [5, 5.41) is 4.42. The number of rotatable bonds is 8. The number of hydrogen-bond donors (Lipinski definition) is 2. The van der Waals surface area contributed by atoms with Crippen molar-refractivity contribution in [3.05, 3.63) is 59.9 Å². The Balaban J connectivity index is 1.66. The molecule has 148 valence electrons. The lowest BCUT2D eigenvalue weighted by atomic mass is 10.3. The van der Waals surface area contributed by atoms with Crippen LogP contribution in [0, 0.1) is 17.5 Å². The van der Waals surface area contributed by atoms with Gasteiger partial charge < -0.3 is 20.1 Å². The molecule has 0 aliphatic rings. The minimum absolute atomic E-state index is 0.00914. The van der Waals surface area contributed by atoms with Crippen LogP contribution in [0.15, 0.2) is 42.5 Å². The molecule has 28 heavy (non-hydrogen) atoms. The van der Waals surface area contributed by atoms with Crippen LogP contribution in [0.3, 0.4) is 0 Å². The lowest BCUT2D eigenvalue weighted by Crippen LogP contribution is -2.36. The van der Waals surface area contributed by atoms with E-state index in [1.54, 1.807) is 0 Å². The van der Waals surface area contributed by atoms with Gasteiger partial charge in [-0.15, -0.1) is 0 Å². The highest BCUT2D eigenvalue weighted by Crippen LogP contribution is 2.15. The molecule has 0 aliphatic carbocycles. The summed E-state index contributed by atoms with van der Waals surface area (Å²) in [6, 6.07) is 8.21. The van der Waals surface area contributed by atoms with Crippen LogP contribution < -0.4 is 15.4 Å². The van der Waals surface area contributed by atoms with Crippen molar-refractivity contribution in [2.45, 2.75) is 0 Å². The molecule has 0 aliphatic heterocycles. The smallest absolute Gasteiger partial charge is 0.344 e. The van der Waals surface area contributed by atoms with E-state index in [-0.39, 0.29) is 11.4 Å². The van der Waals surface area contributed by atoms with Crippen LogP contribution in [0.25, 0.3) is 0 Å². The van der Waals surface area contributed by atoms with Gasteiger partial charge in [0.2, 0.25) is 5.91 Å². The highest BCUT2D eigenvalue weighted by atomic mass is 19.2. The van der Waals surface area contributed by atoms with Crippen LogP contribution in [-0.2, 0) is 19.1 Å². The number of nitrogens with one attached hydrogen (secondary N) is 2. The quantitative estimate of drug-likeness (QED) is 0.664. The molecule has 10 heteroatoms. The molecule has 2 rings (SSSR count). The largest absolute Gasteiger partial charge is 0.479 e.